The Bertz CT molecular complexity index is 1660. The van der Waals surface area contributed by atoms with Crippen LogP contribution in [0.1, 0.15) is 40.3 Å². The number of rotatable bonds is 9. The fourth-order valence-electron chi connectivity index (χ4n) is 4.68. The first kappa shape index (κ1) is 29.0. The highest BCUT2D eigenvalue weighted by Gasteiger charge is 2.35. The van der Waals surface area contributed by atoms with Gasteiger partial charge in [0.2, 0.25) is 11.9 Å². The van der Waals surface area contributed by atoms with Crippen molar-refractivity contribution in [1.29, 1.82) is 0 Å². The Kier molecular flexibility index (Phi) is 8.10. The number of anilines is 3. The molecule has 0 spiro atoms. The third kappa shape index (κ3) is 5.63. The number of amides is 2. The summed E-state index contributed by atoms with van der Waals surface area (Å²) in [6.45, 7) is 3.52. The largest absolute Gasteiger partial charge is 0.394 e. The molecule has 0 saturated heterocycles. The van der Waals surface area contributed by atoms with Crippen molar-refractivity contribution in [3.8, 4) is 11.3 Å². The summed E-state index contributed by atoms with van der Waals surface area (Å²) in [6.07, 6.45) is 3.19. The van der Waals surface area contributed by atoms with Crippen LogP contribution in [0, 0.1) is 6.92 Å². The van der Waals surface area contributed by atoms with Crippen LogP contribution in [-0.4, -0.2) is 73.3 Å². The lowest BCUT2D eigenvalue weighted by Gasteiger charge is -2.26. The average molecular weight is 590 g/mol. The molecule has 0 aliphatic carbocycles. The molecule has 12 nitrogen and oxygen atoms in total. The van der Waals surface area contributed by atoms with Crippen molar-refractivity contribution in [3.63, 3.8) is 0 Å². The number of aromatic nitrogens is 5. The van der Waals surface area contributed by atoms with Gasteiger partial charge in [-0.1, -0.05) is 29.8 Å². The molecule has 3 aromatic heterocycles. The third-order valence-electron chi connectivity index (χ3n) is 7.36. The molecule has 3 N–H and O–H groups in total. The number of carbonyl (C=O) groups is 2. The predicted octanol–water partition coefficient (Wildman–Crippen LogP) is 3.24. The van der Waals surface area contributed by atoms with E-state index in [0.29, 0.717) is 39.3 Å². The van der Waals surface area contributed by atoms with Crippen LogP contribution in [0.2, 0.25) is 5.02 Å². The first-order valence-electron chi connectivity index (χ1n) is 13.3. The average Bonchev–Trinajstić information content (AvgIpc) is 3.49. The highest BCUT2D eigenvalue weighted by Crippen LogP contribution is 2.33. The summed E-state index contributed by atoms with van der Waals surface area (Å²) in [7, 11) is 5.57. The van der Waals surface area contributed by atoms with Crippen molar-refractivity contribution in [2.24, 2.45) is 7.05 Å². The number of hydrogen-bond acceptors (Lipinski definition) is 9. The SMILES string of the molecule is Cc1c(Nc2ncc(Cl)c(-c3ccc4c(c3)C(=O)N(C(C)C(=O)NC(CO)c3cccc(N(C)C)n3)C4)n2)cnn1C. The summed E-state index contributed by atoms with van der Waals surface area (Å²) in [4.78, 5) is 43.5. The van der Waals surface area contributed by atoms with Gasteiger partial charge in [-0.3, -0.25) is 14.3 Å². The third-order valence-corrected chi connectivity index (χ3v) is 7.63. The normalized spacial score (nSPS) is 14.0. The van der Waals surface area contributed by atoms with Crippen molar-refractivity contribution in [1.82, 2.24) is 34.9 Å². The minimum Gasteiger partial charge on any atom is -0.394 e. The van der Waals surface area contributed by atoms with E-state index in [1.54, 1.807) is 29.9 Å². The number of aliphatic hydroxyl groups is 1. The standard InChI is InChI=1S/C29H32ClN9O3/c1-16-23(13-32-38(16)5)35-29-31-12-21(30)26(36-29)18-9-10-19-14-39(28(42)20(19)11-18)17(2)27(41)34-24(15-40)22-7-6-8-25(33-22)37(3)4/h6-13,17,24,40H,14-15H2,1-5H3,(H,34,41)(H,31,35,36). The van der Waals surface area contributed by atoms with Crippen LogP contribution in [0.4, 0.5) is 17.5 Å². The van der Waals surface area contributed by atoms with Gasteiger partial charge in [-0.25, -0.2) is 15.0 Å². The van der Waals surface area contributed by atoms with Gasteiger partial charge in [0.05, 0.1) is 52.8 Å². The monoisotopic (exact) mass is 589 g/mol. The lowest BCUT2D eigenvalue weighted by atomic mass is 10.0. The number of hydrogen-bond donors (Lipinski definition) is 3. The molecule has 5 rings (SSSR count). The summed E-state index contributed by atoms with van der Waals surface area (Å²) in [5.74, 6) is 0.367. The minimum atomic E-state index is -0.791. The van der Waals surface area contributed by atoms with E-state index in [9.17, 15) is 14.7 Å². The molecule has 4 heterocycles. The van der Waals surface area contributed by atoms with Gasteiger partial charge >= 0.3 is 0 Å². The lowest BCUT2D eigenvalue weighted by molar-refractivity contribution is -0.126. The fourth-order valence-corrected chi connectivity index (χ4v) is 4.89. The van der Waals surface area contributed by atoms with Crippen LogP contribution in [0.25, 0.3) is 11.3 Å². The topological polar surface area (TPSA) is 141 Å². The van der Waals surface area contributed by atoms with Gasteiger partial charge in [-0.2, -0.15) is 5.10 Å². The number of nitrogens with zero attached hydrogens (tertiary/aromatic N) is 7. The molecular formula is C29H32ClN9O3. The van der Waals surface area contributed by atoms with Crippen molar-refractivity contribution in [3.05, 3.63) is 76.3 Å². The van der Waals surface area contributed by atoms with E-state index in [-0.39, 0.29) is 19.1 Å². The Balaban J connectivity index is 1.33. The maximum absolute atomic E-state index is 13.5. The van der Waals surface area contributed by atoms with E-state index in [2.05, 4.69) is 30.7 Å². The van der Waals surface area contributed by atoms with Gasteiger partial charge < -0.3 is 25.5 Å². The molecule has 1 aromatic carbocycles. The number of aliphatic hydroxyl groups excluding tert-OH is 1. The van der Waals surface area contributed by atoms with Crippen molar-refractivity contribution in [2.75, 3.05) is 30.9 Å². The maximum atomic E-state index is 13.5. The Hall–Kier alpha value is -4.55. The lowest BCUT2D eigenvalue weighted by Crippen LogP contribution is -2.47. The first-order chi connectivity index (χ1) is 20.1. The number of nitrogens with one attached hydrogen (secondary N) is 2. The highest BCUT2D eigenvalue weighted by atomic mass is 35.5. The summed E-state index contributed by atoms with van der Waals surface area (Å²) in [6, 6.07) is 9.32. The smallest absolute Gasteiger partial charge is 0.255 e. The molecule has 4 aromatic rings. The van der Waals surface area contributed by atoms with Crippen molar-refractivity contribution < 1.29 is 14.7 Å². The van der Waals surface area contributed by atoms with E-state index in [4.69, 9.17) is 11.6 Å². The van der Waals surface area contributed by atoms with E-state index in [1.165, 1.54) is 11.1 Å². The van der Waals surface area contributed by atoms with Crippen molar-refractivity contribution >= 4 is 40.9 Å². The molecular weight excluding hydrogens is 558 g/mol. The molecule has 218 valence electrons. The van der Waals surface area contributed by atoms with Crippen LogP contribution in [-0.2, 0) is 18.4 Å². The minimum absolute atomic E-state index is 0.270. The Labute approximate surface area is 248 Å². The molecule has 2 amide bonds. The zero-order valence-electron chi connectivity index (χ0n) is 24.0. The number of aryl methyl sites for hydroxylation is 1. The molecule has 0 radical (unpaired) electrons. The molecule has 13 heteroatoms. The van der Waals surface area contributed by atoms with Gasteiger partial charge in [-0.05, 0) is 37.6 Å². The fraction of sp³-hybridized carbons (Fsp3) is 0.310. The quantitative estimate of drug-likeness (QED) is 0.268. The second-order valence-corrected chi connectivity index (χ2v) is 10.7. The predicted molar refractivity (Wildman–Crippen MR) is 160 cm³/mol. The van der Waals surface area contributed by atoms with E-state index >= 15 is 0 Å². The van der Waals surface area contributed by atoms with Gasteiger partial charge in [0.15, 0.2) is 0 Å². The number of benzene rings is 1. The van der Waals surface area contributed by atoms with Crippen molar-refractivity contribution in [2.45, 2.75) is 32.5 Å². The second-order valence-electron chi connectivity index (χ2n) is 10.3. The number of pyridine rings is 1. The summed E-state index contributed by atoms with van der Waals surface area (Å²) < 4.78 is 1.74. The van der Waals surface area contributed by atoms with E-state index in [1.807, 2.05) is 57.2 Å². The Morgan fingerprint density at radius 3 is 2.67 bits per heavy atom. The van der Waals surface area contributed by atoms with Gasteiger partial charge in [0.25, 0.3) is 5.91 Å². The van der Waals surface area contributed by atoms with Crippen LogP contribution in [0.3, 0.4) is 0 Å². The van der Waals surface area contributed by atoms with E-state index < -0.39 is 18.0 Å². The van der Waals surface area contributed by atoms with Gasteiger partial charge in [0, 0.05) is 38.8 Å². The van der Waals surface area contributed by atoms with Crippen LogP contribution < -0.4 is 15.5 Å². The van der Waals surface area contributed by atoms with Crippen LogP contribution in [0.15, 0.2) is 48.8 Å². The molecule has 1 aliphatic rings. The van der Waals surface area contributed by atoms with Crippen LogP contribution in [0.5, 0.6) is 0 Å². The molecule has 2 unspecified atom stereocenters. The van der Waals surface area contributed by atoms with Gasteiger partial charge in [0.1, 0.15) is 11.9 Å². The Morgan fingerprint density at radius 1 is 1.19 bits per heavy atom. The molecule has 0 saturated carbocycles. The first-order valence-corrected chi connectivity index (χ1v) is 13.7. The summed E-state index contributed by atoms with van der Waals surface area (Å²) in [5, 5.41) is 20.6. The number of fused-ring (bicyclic) bond motifs is 1. The molecule has 0 fully saturated rings. The molecule has 0 bridgehead atoms. The molecule has 42 heavy (non-hydrogen) atoms. The second kappa shape index (κ2) is 11.7. The summed E-state index contributed by atoms with van der Waals surface area (Å²) >= 11 is 6.47. The zero-order chi connectivity index (χ0) is 30.1. The summed E-state index contributed by atoms with van der Waals surface area (Å²) in [5.41, 5.74) is 4.58. The zero-order valence-corrected chi connectivity index (χ0v) is 24.7. The Morgan fingerprint density at radius 2 is 1.98 bits per heavy atom. The van der Waals surface area contributed by atoms with E-state index in [0.717, 1.165) is 16.9 Å². The van der Waals surface area contributed by atoms with Crippen LogP contribution >= 0.6 is 11.6 Å². The number of halogens is 1. The highest BCUT2D eigenvalue weighted by molar-refractivity contribution is 6.33. The maximum Gasteiger partial charge on any atom is 0.255 e. The molecule has 2 atom stereocenters. The number of carbonyl (C=O) groups excluding carboxylic acids is 2. The molecule has 1 aliphatic heterocycles. The van der Waals surface area contributed by atoms with Gasteiger partial charge in [-0.15, -0.1) is 0 Å².